The third-order valence-corrected chi connectivity index (χ3v) is 9.34. The van der Waals surface area contributed by atoms with Gasteiger partial charge in [-0.05, 0) is 89.2 Å². The molecule has 0 bridgehead atoms. The minimum absolute atomic E-state index is 0. The van der Waals surface area contributed by atoms with Crippen LogP contribution in [0, 0.1) is 19.0 Å². The maximum atomic E-state index is 9.27. The van der Waals surface area contributed by atoms with E-state index < -0.39 is 24.5 Å². The van der Waals surface area contributed by atoms with Crippen molar-refractivity contribution in [3.8, 4) is 33.8 Å². The van der Waals surface area contributed by atoms with Crippen molar-refractivity contribution in [2.24, 2.45) is 0 Å². The molecule has 4 nitrogen and oxygen atoms in total. The van der Waals surface area contributed by atoms with E-state index in [1.165, 1.54) is 6.20 Å². The molecule has 51 heavy (non-hydrogen) atoms. The Kier molecular flexibility index (Phi) is 9.31. The average molecular weight is 854 g/mol. The van der Waals surface area contributed by atoms with Gasteiger partial charge in [-0.1, -0.05) is 94.3 Å². The quantitative estimate of drug-likeness (QED) is 0.156. The van der Waals surface area contributed by atoms with E-state index in [1.807, 2.05) is 107 Å². The van der Waals surface area contributed by atoms with Crippen LogP contribution in [0.2, 0.25) is 0 Å². The number of rotatable bonds is 6. The van der Waals surface area contributed by atoms with E-state index in [0.717, 1.165) is 58.0 Å². The second-order valence-electron chi connectivity index (χ2n) is 13.2. The van der Waals surface area contributed by atoms with Crippen LogP contribution >= 0.6 is 0 Å². The third kappa shape index (κ3) is 7.76. The van der Waals surface area contributed by atoms with E-state index in [0.29, 0.717) is 46.7 Å². The monoisotopic (exact) mass is 854 g/mol. The number of pyridine rings is 3. The number of aryl methyl sites for hydroxylation is 1. The Morgan fingerprint density at radius 2 is 1.57 bits per heavy atom. The van der Waals surface area contributed by atoms with Crippen LogP contribution in [0.5, 0.6) is 0 Å². The Bertz CT molecular complexity index is 2410. The molecule has 5 heteroatoms. The van der Waals surface area contributed by atoms with Gasteiger partial charge in [-0.15, -0.1) is 54.1 Å². The van der Waals surface area contributed by atoms with Gasteiger partial charge in [0.25, 0.3) is 0 Å². The zero-order valence-electron chi connectivity index (χ0n) is 35.4. The molecule has 1 radical (unpaired) electrons. The molecule has 1 saturated carbocycles. The largest absolute Gasteiger partial charge is 0.486 e. The summed E-state index contributed by atoms with van der Waals surface area (Å²) in [4.78, 5) is 13.7. The van der Waals surface area contributed by atoms with E-state index in [4.69, 9.17) is 16.3 Å². The molecule has 7 aromatic rings. The molecular formula is C46H45IrN3O-2. The van der Waals surface area contributed by atoms with Crippen molar-refractivity contribution in [3.05, 3.63) is 138 Å². The number of furan rings is 1. The molecule has 1 aliphatic carbocycles. The second-order valence-corrected chi connectivity index (χ2v) is 13.2. The molecule has 3 aromatic carbocycles. The molecule has 8 rings (SSSR count). The minimum atomic E-state index is -2.38. The summed E-state index contributed by atoms with van der Waals surface area (Å²) in [6, 6.07) is 35.2. The maximum absolute atomic E-state index is 9.27. The van der Waals surface area contributed by atoms with Crippen molar-refractivity contribution in [2.45, 2.75) is 84.3 Å². The topological polar surface area (TPSA) is 51.8 Å². The number of benzene rings is 3. The van der Waals surface area contributed by atoms with Gasteiger partial charge >= 0.3 is 0 Å². The van der Waals surface area contributed by atoms with Crippen LogP contribution in [-0.4, -0.2) is 15.0 Å². The molecule has 0 spiro atoms. The average Bonchev–Trinajstić information content (AvgIpc) is 3.56. The van der Waals surface area contributed by atoms with Gasteiger partial charge in [0.15, 0.2) is 0 Å². The van der Waals surface area contributed by atoms with Gasteiger partial charge in [-0.3, -0.25) is 0 Å². The Morgan fingerprint density at radius 1 is 0.784 bits per heavy atom. The smallest absolute Gasteiger partial charge is 0.216 e. The van der Waals surface area contributed by atoms with Crippen molar-refractivity contribution < 1.29 is 32.7 Å². The fourth-order valence-corrected chi connectivity index (χ4v) is 6.82. The summed E-state index contributed by atoms with van der Waals surface area (Å²) in [5.41, 5.74) is 7.64. The standard InChI is InChI=1S/C35H37N2O.C11H8N.Ir/c1-21(2)25-13-9-14-26(22(3)4)33(25)31-18-17-28-27-15-10-16-29(34(27)38-35(28)37-31)32-19-30(23(5)20-36-32)24-11-7-6-8-12-24;1-2-6-10(7-3-1)11-8-4-5-9-12-11;/h9-10,13-15,17-22,24H,6-8,11-12H2,1-5H3;1-6,8-9H;/q2*-1;/i5D3,21D,22D,24D;;. The molecule has 261 valence electrons. The van der Waals surface area contributed by atoms with Crippen molar-refractivity contribution in [1.29, 1.82) is 0 Å². The van der Waals surface area contributed by atoms with Crippen LogP contribution in [0.4, 0.5) is 0 Å². The molecule has 0 saturated heterocycles. The number of aromatic nitrogens is 3. The summed E-state index contributed by atoms with van der Waals surface area (Å²) in [5.74, 6) is -2.82. The zero-order valence-corrected chi connectivity index (χ0v) is 31.8. The van der Waals surface area contributed by atoms with Crippen LogP contribution in [0.25, 0.3) is 55.8 Å². The van der Waals surface area contributed by atoms with Crippen LogP contribution < -0.4 is 0 Å². The van der Waals surface area contributed by atoms with Crippen LogP contribution in [0.15, 0.2) is 108 Å². The second kappa shape index (κ2) is 16.3. The van der Waals surface area contributed by atoms with Crippen molar-refractivity contribution in [3.63, 3.8) is 0 Å². The molecule has 0 atom stereocenters. The molecule has 1 fully saturated rings. The zero-order chi connectivity index (χ0) is 39.9. The summed E-state index contributed by atoms with van der Waals surface area (Å²) in [6.07, 6.45) is 7.24. The van der Waals surface area contributed by atoms with E-state index in [1.54, 1.807) is 18.3 Å². The molecule has 4 heterocycles. The molecular weight excluding hydrogens is 803 g/mol. The summed E-state index contributed by atoms with van der Waals surface area (Å²) in [5, 5.41) is 1.63. The Hall–Kier alpha value is -4.44. The fraction of sp³-hybridized carbons (Fsp3) is 0.283. The summed E-state index contributed by atoms with van der Waals surface area (Å²) in [7, 11) is 0. The number of hydrogen-bond donors (Lipinski definition) is 0. The van der Waals surface area contributed by atoms with Gasteiger partial charge in [0, 0.05) is 51.7 Å². The van der Waals surface area contributed by atoms with Gasteiger partial charge < -0.3 is 14.4 Å². The van der Waals surface area contributed by atoms with E-state index in [9.17, 15) is 1.37 Å². The summed E-state index contributed by atoms with van der Waals surface area (Å²) < 4.78 is 57.8. The van der Waals surface area contributed by atoms with Crippen LogP contribution in [-0.2, 0) is 20.1 Å². The Balaban J connectivity index is 0.000000359. The molecule has 1 aliphatic rings. The van der Waals surface area contributed by atoms with Gasteiger partial charge in [-0.2, -0.15) is 0 Å². The SMILES string of the molecule is [2H]C([2H])([2H])c1cnc(-c2[c-]ccc3c2oc2nc(-c4c(C([2H])(C)C)cccc4C([2H])(C)C)ccc23)cc1C1([2H])CCCCC1.[Ir].[c-]1ccccc1-c1ccccn1. The summed E-state index contributed by atoms with van der Waals surface area (Å²) >= 11 is 0. The molecule has 0 N–H and O–H groups in total. The first kappa shape index (κ1) is 29.2. The summed E-state index contributed by atoms with van der Waals surface area (Å²) in [6.45, 7) is 4.96. The normalized spacial score (nSPS) is 16.3. The Morgan fingerprint density at radius 3 is 2.25 bits per heavy atom. The third-order valence-electron chi connectivity index (χ3n) is 9.34. The van der Waals surface area contributed by atoms with Crippen molar-refractivity contribution in [2.75, 3.05) is 0 Å². The first-order valence-electron chi connectivity index (χ1n) is 20.3. The number of fused-ring (bicyclic) bond motifs is 3. The predicted molar refractivity (Wildman–Crippen MR) is 206 cm³/mol. The molecule has 0 amide bonds. The van der Waals surface area contributed by atoms with Crippen molar-refractivity contribution >= 4 is 22.1 Å². The number of hydrogen-bond acceptors (Lipinski definition) is 4. The Labute approximate surface area is 324 Å². The molecule has 0 unspecified atom stereocenters. The van der Waals surface area contributed by atoms with Crippen LogP contribution in [0.1, 0.15) is 108 Å². The predicted octanol–water partition coefficient (Wildman–Crippen LogP) is 12.7. The van der Waals surface area contributed by atoms with Gasteiger partial charge in [0.2, 0.25) is 5.71 Å². The van der Waals surface area contributed by atoms with Gasteiger partial charge in [0.1, 0.15) is 0 Å². The van der Waals surface area contributed by atoms with E-state index in [2.05, 4.69) is 22.1 Å². The van der Waals surface area contributed by atoms with E-state index >= 15 is 0 Å². The minimum Gasteiger partial charge on any atom is -0.486 e. The fourth-order valence-electron chi connectivity index (χ4n) is 6.82. The molecule has 4 aromatic heterocycles. The van der Waals surface area contributed by atoms with Crippen LogP contribution in [0.3, 0.4) is 0 Å². The van der Waals surface area contributed by atoms with Gasteiger partial charge in [0.05, 0.1) is 11.3 Å². The van der Waals surface area contributed by atoms with Crippen molar-refractivity contribution in [1.82, 2.24) is 15.0 Å². The number of nitrogens with zero attached hydrogens (tertiary/aromatic N) is 3. The van der Waals surface area contributed by atoms with E-state index in [-0.39, 0.29) is 25.7 Å². The first-order chi connectivity index (χ1) is 26.5. The molecule has 0 aliphatic heterocycles. The first-order valence-corrected chi connectivity index (χ1v) is 17.3. The van der Waals surface area contributed by atoms with Gasteiger partial charge in [-0.25, -0.2) is 4.98 Å². The maximum Gasteiger partial charge on any atom is 0.216 e.